The minimum atomic E-state index is 0.207. The number of nitrogens with two attached hydrogens (primary N) is 1. The van der Waals surface area contributed by atoms with E-state index in [4.69, 9.17) is 15.2 Å². The van der Waals surface area contributed by atoms with E-state index in [1.54, 1.807) is 0 Å². The largest absolute Gasteiger partial charge is 0.375 e. The molecule has 2 N–H and O–H groups in total. The summed E-state index contributed by atoms with van der Waals surface area (Å²) in [5, 5.41) is 0. The van der Waals surface area contributed by atoms with Crippen LogP contribution >= 0.6 is 0 Å². The zero-order valence-corrected chi connectivity index (χ0v) is 11.9. The van der Waals surface area contributed by atoms with Crippen LogP contribution in [0.4, 0.5) is 0 Å². The molecule has 5 atom stereocenters. The van der Waals surface area contributed by atoms with Crippen molar-refractivity contribution in [2.24, 2.45) is 17.6 Å². The SMILES string of the molecule is NC(C1CCOC2(CCCC2)C1)C1CC2CCC1O2. The maximum atomic E-state index is 6.66. The van der Waals surface area contributed by atoms with Gasteiger partial charge in [-0.3, -0.25) is 0 Å². The number of rotatable bonds is 2. The van der Waals surface area contributed by atoms with Crippen LogP contribution in [0.15, 0.2) is 0 Å². The van der Waals surface area contributed by atoms with Gasteiger partial charge < -0.3 is 15.2 Å². The molecule has 19 heavy (non-hydrogen) atoms. The van der Waals surface area contributed by atoms with Gasteiger partial charge in [-0.15, -0.1) is 0 Å². The smallest absolute Gasteiger partial charge is 0.0685 e. The topological polar surface area (TPSA) is 44.5 Å². The highest BCUT2D eigenvalue weighted by molar-refractivity contribution is 5.00. The molecule has 1 aliphatic carbocycles. The third-order valence-corrected chi connectivity index (χ3v) is 6.24. The molecule has 0 aromatic rings. The number of ether oxygens (including phenoxy) is 2. The lowest BCUT2D eigenvalue weighted by molar-refractivity contribution is -0.0999. The first kappa shape index (κ1) is 12.6. The molecule has 0 amide bonds. The summed E-state index contributed by atoms with van der Waals surface area (Å²) >= 11 is 0. The molecule has 108 valence electrons. The van der Waals surface area contributed by atoms with Crippen molar-refractivity contribution in [1.82, 2.24) is 0 Å². The second-order valence-electron chi connectivity index (χ2n) is 7.34. The van der Waals surface area contributed by atoms with Crippen LogP contribution in [0.3, 0.4) is 0 Å². The Morgan fingerprint density at radius 1 is 1.11 bits per heavy atom. The van der Waals surface area contributed by atoms with Gasteiger partial charge in [0.15, 0.2) is 0 Å². The lowest BCUT2D eigenvalue weighted by atomic mass is 9.73. The highest BCUT2D eigenvalue weighted by atomic mass is 16.5. The Bertz CT molecular complexity index is 340. The zero-order valence-electron chi connectivity index (χ0n) is 11.9. The second kappa shape index (κ2) is 4.71. The van der Waals surface area contributed by atoms with E-state index in [1.807, 2.05) is 0 Å². The van der Waals surface area contributed by atoms with Gasteiger partial charge in [-0.2, -0.15) is 0 Å². The van der Waals surface area contributed by atoms with E-state index in [2.05, 4.69) is 0 Å². The maximum absolute atomic E-state index is 6.66. The summed E-state index contributed by atoms with van der Waals surface area (Å²) in [5.74, 6) is 1.29. The van der Waals surface area contributed by atoms with E-state index < -0.39 is 0 Å². The zero-order chi connectivity index (χ0) is 12.9. The predicted molar refractivity (Wildman–Crippen MR) is 73.9 cm³/mol. The molecule has 2 bridgehead atoms. The highest BCUT2D eigenvalue weighted by Crippen LogP contribution is 2.47. The van der Waals surface area contributed by atoms with Crippen molar-refractivity contribution >= 4 is 0 Å². The second-order valence-corrected chi connectivity index (χ2v) is 7.34. The van der Waals surface area contributed by atoms with Crippen LogP contribution in [0.2, 0.25) is 0 Å². The van der Waals surface area contributed by atoms with Crippen LogP contribution in [0.5, 0.6) is 0 Å². The average molecular weight is 265 g/mol. The molecule has 4 rings (SSSR count). The molecule has 3 aliphatic heterocycles. The van der Waals surface area contributed by atoms with Crippen LogP contribution in [-0.4, -0.2) is 30.5 Å². The molecular formula is C16H27NO2. The lowest BCUT2D eigenvalue weighted by Crippen LogP contribution is -2.48. The fourth-order valence-corrected chi connectivity index (χ4v) is 5.19. The Morgan fingerprint density at radius 2 is 1.95 bits per heavy atom. The molecular weight excluding hydrogens is 238 g/mol. The average Bonchev–Trinajstić information content (AvgIpc) is 3.14. The molecule has 5 unspecified atom stereocenters. The molecule has 4 aliphatic rings. The summed E-state index contributed by atoms with van der Waals surface area (Å²) in [6, 6.07) is 0.344. The van der Waals surface area contributed by atoms with Gasteiger partial charge in [0.2, 0.25) is 0 Å². The maximum Gasteiger partial charge on any atom is 0.0685 e. The summed E-state index contributed by atoms with van der Waals surface area (Å²) < 4.78 is 12.1. The summed E-state index contributed by atoms with van der Waals surface area (Å²) in [6.07, 6.45) is 12.3. The first-order valence-electron chi connectivity index (χ1n) is 8.31. The van der Waals surface area contributed by atoms with E-state index >= 15 is 0 Å². The molecule has 0 radical (unpaired) electrons. The van der Waals surface area contributed by atoms with Gasteiger partial charge in [-0.1, -0.05) is 12.8 Å². The summed E-state index contributed by atoms with van der Waals surface area (Å²) in [7, 11) is 0. The molecule has 0 aromatic heterocycles. The van der Waals surface area contributed by atoms with Gasteiger partial charge >= 0.3 is 0 Å². The lowest BCUT2D eigenvalue weighted by Gasteiger charge is -2.42. The number of hydrogen-bond donors (Lipinski definition) is 1. The standard InChI is InChI=1S/C16H27NO2/c17-15(13-9-12-3-4-14(13)19-12)11-5-8-18-16(10-11)6-1-2-7-16/h11-15H,1-10,17H2. The van der Waals surface area contributed by atoms with Crippen LogP contribution in [0.1, 0.15) is 57.8 Å². The summed E-state index contributed by atoms with van der Waals surface area (Å²) in [5.41, 5.74) is 6.86. The normalized spacial score (nSPS) is 45.9. The Hall–Kier alpha value is -0.120. The molecule has 0 aromatic carbocycles. The van der Waals surface area contributed by atoms with Gasteiger partial charge in [0.1, 0.15) is 0 Å². The molecule has 4 fully saturated rings. The van der Waals surface area contributed by atoms with Gasteiger partial charge in [0, 0.05) is 18.6 Å². The highest BCUT2D eigenvalue weighted by Gasteiger charge is 2.48. The van der Waals surface area contributed by atoms with Gasteiger partial charge in [-0.25, -0.2) is 0 Å². The Labute approximate surface area is 116 Å². The predicted octanol–water partition coefficient (Wildman–Crippen LogP) is 2.62. The van der Waals surface area contributed by atoms with Crippen LogP contribution < -0.4 is 5.73 Å². The first-order chi connectivity index (χ1) is 9.26. The third-order valence-electron chi connectivity index (χ3n) is 6.24. The fourth-order valence-electron chi connectivity index (χ4n) is 5.19. The van der Waals surface area contributed by atoms with E-state index in [0.29, 0.717) is 30.1 Å². The van der Waals surface area contributed by atoms with Gasteiger partial charge in [-0.05, 0) is 50.9 Å². The summed E-state index contributed by atoms with van der Waals surface area (Å²) in [6.45, 7) is 0.931. The fraction of sp³-hybridized carbons (Fsp3) is 1.00. The molecule has 3 heterocycles. The van der Waals surface area contributed by atoms with Crippen molar-refractivity contribution in [3.05, 3.63) is 0 Å². The minimum Gasteiger partial charge on any atom is -0.375 e. The molecule has 3 nitrogen and oxygen atoms in total. The van der Waals surface area contributed by atoms with Crippen molar-refractivity contribution in [3.63, 3.8) is 0 Å². The van der Waals surface area contributed by atoms with Crippen molar-refractivity contribution in [1.29, 1.82) is 0 Å². The quantitative estimate of drug-likeness (QED) is 0.834. The van der Waals surface area contributed by atoms with E-state index in [9.17, 15) is 0 Å². The van der Waals surface area contributed by atoms with Crippen molar-refractivity contribution in [2.75, 3.05) is 6.61 Å². The number of fused-ring (bicyclic) bond motifs is 2. The number of hydrogen-bond acceptors (Lipinski definition) is 3. The molecule has 3 heteroatoms. The van der Waals surface area contributed by atoms with Crippen LogP contribution in [-0.2, 0) is 9.47 Å². The Kier molecular flexibility index (Phi) is 3.13. The Balaban J connectivity index is 1.43. The van der Waals surface area contributed by atoms with E-state index in [1.165, 1.54) is 51.4 Å². The minimum absolute atomic E-state index is 0.207. The van der Waals surface area contributed by atoms with Crippen molar-refractivity contribution in [3.8, 4) is 0 Å². The van der Waals surface area contributed by atoms with E-state index in [-0.39, 0.29) is 5.60 Å². The van der Waals surface area contributed by atoms with Crippen LogP contribution in [0, 0.1) is 11.8 Å². The molecule has 1 spiro atoms. The molecule has 1 saturated carbocycles. The molecule has 3 saturated heterocycles. The van der Waals surface area contributed by atoms with Gasteiger partial charge in [0.25, 0.3) is 0 Å². The van der Waals surface area contributed by atoms with Gasteiger partial charge in [0.05, 0.1) is 17.8 Å². The van der Waals surface area contributed by atoms with Crippen molar-refractivity contribution in [2.45, 2.75) is 81.6 Å². The third kappa shape index (κ3) is 2.14. The first-order valence-corrected chi connectivity index (χ1v) is 8.31. The van der Waals surface area contributed by atoms with Crippen molar-refractivity contribution < 1.29 is 9.47 Å². The van der Waals surface area contributed by atoms with E-state index in [0.717, 1.165) is 13.0 Å². The Morgan fingerprint density at radius 3 is 2.63 bits per heavy atom. The monoisotopic (exact) mass is 265 g/mol. The summed E-state index contributed by atoms with van der Waals surface area (Å²) in [4.78, 5) is 0. The van der Waals surface area contributed by atoms with Crippen LogP contribution in [0.25, 0.3) is 0 Å².